The van der Waals surface area contributed by atoms with Crippen molar-refractivity contribution in [2.24, 2.45) is 57.2 Å². The lowest BCUT2D eigenvalue weighted by molar-refractivity contribution is -0.197. The van der Waals surface area contributed by atoms with Gasteiger partial charge >= 0.3 is 5.97 Å². The Balaban J connectivity index is 1.26. The first-order valence-corrected chi connectivity index (χ1v) is 17.6. The SMILES string of the molecule is CCCCC1CC(C23C[C@@H]4[C@H](C)CC[C@H]4C4(C=O)CC2C=C(C(C)C)C34C(=O)O)OC1CN1CCC2(CCN(C)C2)C1. The number of hydrogen-bond acceptors (Lipinski definition) is 5. The first-order chi connectivity index (χ1) is 20.1. The molecular formula is C36H56N2O4. The maximum atomic E-state index is 14.0. The van der Waals surface area contributed by atoms with Gasteiger partial charge in [0.2, 0.25) is 0 Å². The molecule has 1 N–H and O–H groups in total. The largest absolute Gasteiger partial charge is 0.481 e. The molecule has 4 aliphatic carbocycles. The molecular weight excluding hydrogens is 524 g/mol. The lowest BCUT2D eigenvalue weighted by Gasteiger charge is -2.60. The van der Waals surface area contributed by atoms with Crippen molar-refractivity contribution in [2.75, 3.05) is 39.8 Å². The number of hydrogen-bond donors (Lipinski definition) is 1. The average molecular weight is 581 g/mol. The number of nitrogens with zero attached hydrogens (tertiary/aromatic N) is 2. The van der Waals surface area contributed by atoms with E-state index < -0.39 is 22.2 Å². The third-order valence-corrected chi connectivity index (χ3v) is 14.5. The summed E-state index contributed by atoms with van der Waals surface area (Å²) in [6.07, 6.45) is 14.4. The molecule has 6 heteroatoms. The summed E-state index contributed by atoms with van der Waals surface area (Å²) in [4.78, 5) is 32.7. The van der Waals surface area contributed by atoms with Gasteiger partial charge in [0.05, 0.1) is 17.6 Å². The van der Waals surface area contributed by atoms with Crippen LogP contribution in [0.2, 0.25) is 0 Å². The number of carbonyl (C=O) groups is 2. The Labute approximate surface area is 254 Å². The molecule has 7 aliphatic rings. The fraction of sp³-hybridized carbons (Fsp3) is 0.889. The highest BCUT2D eigenvalue weighted by Crippen LogP contribution is 2.84. The van der Waals surface area contributed by atoms with E-state index in [0.717, 1.165) is 50.8 Å². The monoisotopic (exact) mass is 580 g/mol. The second-order valence-corrected chi connectivity index (χ2v) is 16.6. The third-order valence-electron chi connectivity index (χ3n) is 14.5. The Morgan fingerprint density at radius 3 is 2.64 bits per heavy atom. The number of aldehydes is 1. The number of ether oxygens (including phenoxy) is 1. The summed E-state index contributed by atoms with van der Waals surface area (Å²) in [7, 11) is 2.26. The lowest BCUT2D eigenvalue weighted by atomic mass is 9.41. The summed E-state index contributed by atoms with van der Waals surface area (Å²) < 4.78 is 7.36. The summed E-state index contributed by atoms with van der Waals surface area (Å²) in [6.45, 7) is 14.7. The van der Waals surface area contributed by atoms with E-state index >= 15 is 0 Å². The molecule has 11 atom stereocenters. The number of allylic oxidation sites excluding steroid dienone is 1. The van der Waals surface area contributed by atoms with Gasteiger partial charge in [-0.2, -0.15) is 0 Å². The molecule has 0 aromatic rings. The quantitative estimate of drug-likeness (QED) is 0.270. The number of carboxylic acids is 1. The van der Waals surface area contributed by atoms with Crippen LogP contribution in [0.15, 0.2) is 11.6 Å². The van der Waals surface area contributed by atoms with Gasteiger partial charge in [-0.05, 0) is 106 Å². The maximum Gasteiger partial charge on any atom is 0.315 e. The number of carbonyl (C=O) groups excluding carboxylic acids is 1. The highest BCUT2D eigenvalue weighted by Gasteiger charge is 2.86. The fourth-order valence-corrected chi connectivity index (χ4v) is 12.9. The van der Waals surface area contributed by atoms with E-state index in [1.807, 2.05) is 0 Å². The number of likely N-dealkylation sites (tertiary alicyclic amines) is 2. The predicted octanol–water partition coefficient (Wildman–Crippen LogP) is 5.90. The van der Waals surface area contributed by atoms with Crippen molar-refractivity contribution in [2.45, 2.75) is 104 Å². The fourth-order valence-electron chi connectivity index (χ4n) is 12.9. The van der Waals surface area contributed by atoms with Gasteiger partial charge in [-0.3, -0.25) is 4.79 Å². The number of aliphatic carboxylic acids is 1. The standard InChI is InChI=1S/C36H56N2O4/c1-6-7-8-25-15-31(42-30(25)19-38-14-12-33(21-38)11-13-37(5)20-33)35-18-27-24(4)9-10-28(27)34(22-39)17-26(35)16-29(23(2)3)36(34,35)32(40)41/h16,22-28,30-31H,6-15,17-21H2,1-5H3,(H,40,41)/t24-,25?,26?,27-,28-,30?,31?,33?,34?,35?,36?/m1/s1. The first kappa shape index (κ1) is 29.5. The van der Waals surface area contributed by atoms with E-state index in [1.54, 1.807) is 0 Å². The molecule has 0 aromatic carbocycles. The Kier molecular flexibility index (Phi) is 7.11. The second-order valence-electron chi connectivity index (χ2n) is 16.6. The van der Waals surface area contributed by atoms with Crippen LogP contribution in [0.5, 0.6) is 0 Å². The summed E-state index contributed by atoms with van der Waals surface area (Å²) in [6, 6.07) is 0. The van der Waals surface area contributed by atoms with Crippen LogP contribution in [0.4, 0.5) is 0 Å². The number of unbranched alkanes of at least 4 members (excludes halogenated alkanes) is 1. The zero-order valence-corrected chi connectivity index (χ0v) is 26.9. The van der Waals surface area contributed by atoms with E-state index in [9.17, 15) is 14.7 Å². The van der Waals surface area contributed by atoms with Crippen molar-refractivity contribution in [3.63, 3.8) is 0 Å². The van der Waals surface area contributed by atoms with Crippen LogP contribution in [0.3, 0.4) is 0 Å². The molecule has 6 fully saturated rings. The minimum atomic E-state index is -1.13. The highest BCUT2D eigenvalue weighted by molar-refractivity contribution is 5.90. The maximum absolute atomic E-state index is 14.0. The van der Waals surface area contributed by atoms with E-state index in [4.69, 9.17) is 4.74 Å². The molecule has 3 saturated carbocycles. The number of fused-ring (bicyclic) bond motifs is 2. The molecule has 0 aromatic heterocycles. The smallest absolute Gasteiger partial charge is 0.315 e. The number of rotatable bonds is 9. The van der Waals surface area contributed by atoms with Gasteiger partial charge in [0.1, 0.15) is 11.7 Å². The topological polar surface area (TPSA) is 70.1 Å². The van der Waals surface area contributed by atoms with Crippen LogP contribution in [-0.2, 0) is 14.3 Å². The van der Waals surface area contributed by atoms with Crippen molar-refractivity contribution in [1.82, 2.24) is 9.80 Å². The Hall–Kier alpha value is -1.24. The van der Waals surface area contributed by atoms with Crippen molar-refractivity contribution in [1.29, 1.82) is 0 Å². The van der Waals surface area contributed by atoms with Gasteiger partial charge in [-0.15, -0.1) is 0 Å². The molecule has 3 heterocycles. The van der Waals surface area contributed by atoms with Gasteiger partial charge in [-0.1, -0.05) is 58.6 Å². The highest BCUT2D eigenvalue weighted by atomic mass is 16.5. The molecule has 4 bridgehead atoms. The van der Waals surface area contributed by atoms with E-state index in [2.05, 4.69) is 50.6 Å². The molecule has 6 nitrogen and oxygen atoms in total. The molecule has 0 radical (unpaired) electrons. The summed E-state index contributed by atoms with van der Waals surface area (Å²) in [5.41, 5.74) is -0.966. The van der Waals surface area contributed by atoms with Crippen LogP contribution in [0, 0.1) is 57.2 Å². The first-order valence-electron chi connectivity index (χ1n) is 17.6. The summed E-state index contributed by atoms with van der Waals surface area (Å²) >= 11 is 0. The molecule has 8 unspecified atom stereocenters. The number of carboxylic acid groups (broad SMARTS) is 1. The minimum absolute atomic E-state index is 0.0947. The molecule has 7 rings (SSSR count). The van der Waals surface area contributed by atoms with Crippen LogP contribution in [-0.4, -0.2) is 79.1 Å². The van der Waals surface area contributed by atoms with Crippen LogP contribution >= 0.6 is 0 Å². The molecule has 3 saturated heterocycles. The van der Waals surface area contributed by atoms with E-state index in [-0.39, 0.29) is 30.0 Å². The minimum Gasteiger partial charge on any atom is -0.481 e. The normalized spacial score (nSPS) is 49.9. The zero-order chi connectivity index (χ0) is 29.7. The molecule has 0 amide bonds. The Bertz CT molecular complexity index is 1140. The van der Waals surface area contributed by atoms with Crippen LogP contribution < -0.4 is 0 Å². The van der Waals surface area contributed by atoms with Gasteiger partial charge in [0, 0.05) is 25.0 Å². The van der Waals surface area contributed by atoms with Crippen LogP contribution in [0.1, 0.15) is 91.9 Å². The van der Waals surface area contributed by atoms with Crippen molar-refractivity contribution in [3.05, 3.63) is 11.6 Å². The van der Waals surface area contributed by atoms with Crippen molar-refractivity contribution >= 4 is 12.3 Å². The van der Waals surface area contributed by atoms with E-state index in [1.165, 1.54) is 51.6 Å². The Morgan fingerprint density at radius 1 is 1.19 bits per heavy atom. The zero-order valence-electron chi connectivity index (χ0n) is 26.9. The van der Waals surface area contributed by atoms with Gasteiger partial charge in [0.15, 0.2) is 0 Å². The molecule has 1 spiro atoms. The van der Waals surface area contributed by atoms with Crippen LogP contribution in [0.25, 0.3) is 0 Å². The van der Waals surface area contributed by atoms with Gasteiger partial charge in [0.25, 0.3) is 0 Å². The predicted molar refractivity (Wildman–Crippen MR) is 164 cm³/mol. The molecule has 3 aliphatic heterocycles. The summed E-state index contributed by atoms with van der Waals surface area (Å²) in [5, 5.41) is 11.5. The average Bonchev–Trinajstić information content (AvgIpc) is 3.78. The second kappa shape index (κ2) is 10.1. The lowest BCUT2D eigenvalue weighted by Crippen LogP contribution is -2.65. The molecule has 234 valence electrons. The molecule has 42 heavy (non-hydrogen) atoms. The van der Waals surface area contributed by atoms with Crippen molar-refractivity contribution in [3.8, 4) is 0 Å². The third kappa shape index (κ3) is 3.67. The van der Waals surface area contributed by atoms with E-state index in [0.29, 0.717) is 29.6 Å². The van der Waals surface area contributed by atoms with Gasteiger partial charge in [-0.25, -0.2) is 0 Å². The summed E-state index contributed by atoms with van der Waals surface area (Å²) in [5.74, 6) is 1.09. The van der Waals surface area contributed by atoms with Crippen molar-refractivity contribution < 1.29 is 19.4 Å². The Morgan fingerprint density at radius 2 is 1.98 bits per heavy atom. The van der Waals surface area contributed by atoms with Gasteiger partial charge < -0.3 is 24.4 Å².